The third-order valence-electron chi connectivity index (χ3n) is 4.24. The van der Waals surface area contributed by atoms with E-state index in [4.69, 9.17) is 21.1 Å². The number of hydrogen-bond donors (Lipinski definition) is 2. The summed E-state index contributed by atoms with van der Waals surface area (Å²) in [5, 5.41) is 6.51. The molecule has 0 bridgehead atoms. The van der Waals surface area contributed by atoms with Gasteiger partial charge in [-0.3, -0.25) is 4.79 Å². The van der Waals surface area contributed by atoms with Gasteiger partial charge in [0.25, 0.3) is 5.91 Å². The molecule has 0 aliphatic carbocycles. The van der Waals surface area contributed by atoms with Crippen molar-refractivity contribution in [2.75, 3.05) is 17.4 Å². The number of anilines is 2. The first kappa shape index (κ1) is 18.1. The van der Waals surface area contributed by atoms with Crippen molar-refractivity contribution in [1.29, 1.82) is 0 Å². The molecule has 0 saturated carbocycles. The maximum absolute atomic E-state index is 12.4. The van der Waals surface area contributed by atoms with Crippen molar-refractivity contribution in [3.63, 3.8) is 0 Å². The Morgan fingerprint density at radius 3 is 2.79 bits per heavy atom. The van der Waals surface area contributed by atoms with Crippen LogP contribution in [0.1, 0.15) is 21.6 Å². The highest BCUT2D eigenvalue weighted by molar-refractivity contribution is 6.31. The number of aromatic nitrogens is 2. The molecular formula is C20H17ClN4O3. The van der Waals surface area contributed by atoms with E-state index in [1.165, 1.54) is 12.4 Å². The molecule has 0 atom stereocenters. The van der Waals surface area contributed by atoms with Crippen LogP contribution < -0.4 is 20.1 Å². The van der Waals surface area contributed by atoms with Gasteiger partial charge in [0.2, 0.25) is 6.79 Å². The number of rotatable bonds is 5. The van der Waals surface area contributed by atoms with Crippen molar-refractivity contribution < 1.29 is 14.3 Å². The summed E-state index contributed by atoms with van der Waals surface area (Å²) in [5.74, 6) is 1.69. The number of carbonyl (C=O) groups excluding carboxylic acids is 1. The van der Waals surface area contributed by atoms with Crippen molar-refractivity contribution in [3.8, 4) is 11.5 Å². The number of aryl methyl sites for hydroxylation is 1. The summed E-state index contributed by atoms with van der Waals surface area (Å²) < 4.78 is 10.7. The quantitative estimate of drug-likeness (QED) is 0.677. The molecule has 1 aliphatic rings. The van der Waals surface area contributed by atoms with Crippen molar-refractivity contribution in [2.45, 2.75) is 13.5 Å². The van der Waals surface area contributed by atoms with Gasteiger partial charge in [-0.25, -0.2) is 9.97 Å². The van der Waals surface area contributed by atoms with Gasteiger partial charge in [0.15, 0.2) is 11.5 Å². The summed E-state index contributed by atoms with van der Waals surface area (Å²) in [6.45, 7) is 2.68. The number of benzene rings is 2. The number of hydrogen-bond acceptors (Lipinski definition) is 6. The van der Waals surface area contributed by atoms with Gasteiger partial charge in [-0.1, -0.05) is 23.7 Å². The van der Waals surface area contributed by atoms with Crippen LogP contribution in [0.2, 0.25) is 5.02 Å². The molecule has 4 rings (SSSR count). The van der Waals surface area contributed by atoms with Crippen LogP contribution in [-0.2, 0) is 6.54 Å². The molecule has 8 heteroatoms. The standard InChI is InChI=1S/C20H17ClN4O3/c1-12-2-4-14(21)7-15(12)25-20(26)16-9-24-19(10-22-16)23-8-13-3-5-17-18(6-13)28-11-27-17/h2-7,9-10H,8,11H2,1H3,(H,23,24)(H,25,26). The van der Waals surface area contributed by atoms with Gasteiger partial charge in [0, 0.05) is 17.3 Å². The number of nitrogens with zero attached hydrogens (tertiary/aromatic N) is 2. The maximum atomic E-state index is 12.4. The number of fused-ring (bicyclic) bond motifs is 1. The zero-order valence-corrected chi connectivity index (χ0v) is 15.8. The van der Waals surface area contributed by atoms with E-state index in [0.29, 0.717) is 23.1 Å². The summed E-state index contributed by atoms with van der Waals surface area (Å²) in [6, 6.07) is 11.0. The Labute approximate surface area is 166 Å². The number of amides is 1. The van der Waals surface area contributed by atoms with E-state index in [0.717, 1.165) is 22.6 Å². The highest BCUT2D eigenvalue weighted by Crippen LogP contribution is 2.32. The van der Waals surface area contributed by atoms with E-state index in [-0.39, 0.29) is 18.4 Å². The summed E-state index contributed by atoms with van der Waals surface area (Å²) in [7, 11) is 0. The Morgan fingerprint density at radius 1 is 1.11 bits per heavy atom. The summed E-state index contributed by atoms with van der Waals surface area (Å²) in [6.07, 6.45) is 2.95. The second kappa shape index (κ2) is 7.74. The van der Waals surface area contributed by atoms with E-state index >= 15 is 0 Å². The molecule has 1 aromatic heterocycles. The molecule has 2 N–H and O–H groups in total. The summed E-state index contributed by atoms with van der Waals surface area (Å²) in [4.78, 5) is 20.8. The van der Waals surface area contributed by atoms with Gasteiger partial charge >= 0.3 is 0 Å². The van der Waals surface area contributed by atoms with Crippen molar-refractivity contribution >= 4 is 29.0 Å². The molecule has 2 heterocycles. The van der Waals surface area contributed by atoms with E-state index in [1.807, 2.05) is 31.2 Å². The number of carbonyl (C=O) groups is 1. The normalized spacial score (nSPS) is 11.9. The minimum absolute atomic E-state index is 0.216. The van der Waals surface area contributed by atoms with Crippen LogP contribution in [0, 0.1) is 6.92 Å². The first-order valence-corrected chi connectivity index (χ1v) is 8.98. The first-order chi connectivity index (χ1) is 13.6. The smallest absolute Gasteiger partial charge is 0.275 e. The Bertz CT molecular complexity index is 1020. The van der Waals surface area contributed by atoms with Crippen LogP contribution in [0.15, 0.2) is 48.8 Å². The molecular weight excluding hydrogens is 380 g/mol. The van der Waals surface area contributed by atoms with Crippen molar-refractivity contribution in [2.24, 2.45) is 0 Å². The third kappa shape index (κ3) is 3.99. The fourth-order valence-electron chi connectivity index (χ4n) is 2.70. The van der Waals surface area contributed by atoms with Gasteiger partial charge in [-0.2, -0.15) is 0 Å². The zero-order valence-electron chi connectivity index (χ0n) is 15.0. The SMILES string of the molecule is Cc1ccc(Cl)cc1NC(=O)c1cnc(NCc2ccc3c(c2)OCO3)cn1. The van der Waals surface area contributed by atoms with E-state index in [1.54, 1.807) is 12.1 Å². The fourth-order valence-corrected chi connectivity index (χ4v) is 2.87. The highest BCUT2D eigenvalue weighted by Gasteiger charge is 2.13. The predicted molar refractivity (Wildman–Crippen MR) is 106 cm³/mol. The van der Waals surface area contributed by atoms with Crippen molar-refractivity contribution in [3.05, 3.63) is 70.6 Å². The molecule has 1 aliphatic heterocycles. The van der Waals surface area contributed by atoms with Gasteiger partial charge in [0.05, 0.1) is 12.4 Å². The fraction of sp³-hybridized carbons (Fsp3) is 0.150. The van der Waals surface area contributed by atoms with Gasteiger partial charge in [-0.15, -0.1) is 0 Å². The monoisotopic (exact) mass is 396 g/mol. The zero-order chi connectivity index (χ0) is 19.5. The van der Waals surface area contributed by atoms with Crippen LogP contribution in [0.4, 0.5) is 11.5 Å². The average Bonchev–Trinajstić information content (AvgIpc) is 3.17. The lowest BCUT2D eigenvalue weighted by molar-refractivity contribution is 0.102. The molecule has 0 radical (unpaired) electrons. The topological polar surface area (TPSA) is 85.4 Å². The maximum Gasteiger partial charge on any atom is 0.275 e. The summed E-state index contributed by atoms with van der Waals surface area (Å²) in [5.41, 5.74) is 2.79. The van der Waals surface area contributed by atoms with E-state index < -0.39 is 0 Å². The number of ether oxygens (including phenoxy) is 2. The largest absolute Gasteiger partial charge is 0.454 e. The van der Waals surface area contributed by atoms with Gasteiger partial charge in [0.1, 0.15) is 11.5 Å². The molecule has 0 fully saturated rings. The molecule has 28 heavy (non-hydrogen) atoms. The molecule has 0 spiro atoms. The van der Waals surface area contributed by atoms with Crippen LogP contribution in [0.5, 0.6) is 11.5 Å². The second-order valence-electron chi connectivity index (χ2n) is 6.24. The lowest BCUT2D eigenvalue weighted by atomic mass is 10.2. The molecule has 142 valence electrons. The third-order valence-corrected chi connectivity index (χ3v) is 4.48. The Balaban J connectivity index is 1.38. The van der Waals surface area contributed by atoms with Crippen LogP contribution in [-0.4, -0.2) is 22.7 Å². The lowest BCUT2D eigenvalue weighted by Crippen LogP contribution is -2.15. The van der Waals surface area contributed by atoms with Crippen LogP contribution >= 0.6 is 11.6 Å². The molecule has 1 amide bonds. The van der Waals surface area contributed by atoms with E-state index in [9.17, 15) is 4.79 Å². The Morgan fingerprint density at radius 2 is 1.96 bits per heavy atom. The van der Waals surface area contributed by atoms with E-state index in [2.05, 4.69) is 20.6 Å². The molecule has 7 nitrogen and oxygen atoms in total. The van der Waals surface area contributed by atoms with Crippen molar-refractivity contribution in [1.82, 2.24) is 9.97 Å². The molecule has 2 aromatic carbocycles. The van der Waals surface area contributed by atoms with Gasteiger partial charge < -0.3 is 20.1 Å². The van der Waals surface area contributed by atoms with Gasteiger partial charge in [-0.05, 0) is 42.3 Å². The second-order valence-corrected chi connectivity index (χ2v) is 6.68. The lowest BCUT2D eigenvalue weighted by Gasteiger charge is -2.09. The Hall–Kier alpha value is -3.32. The first-order valence-electron chi connectivity index (χ1n) is 8.60. The minimum atomic E-state index is -0.347. The van der Waals surface area contributed by atoms with Crippen LogP contribution in [0.25, 0.3) is 0 Å². The number of nitrogens with one attached hydrogen (secondary N) is 2. The average molecular weight is 397 g/mol. The van der Waals surface area contributed by atoms with Crippen LogP contribution in [0.3, 0.4) is 0 Å². The summed E-state index contributed by atoms with van der Waals surface area (Å²) >= 11 is 5.98. The molecule has 0 unspecified atom stereocenters. The minimum Gasteiger partial charge on any atom is -0.454 e. The Kier molecular flexibility index (Phi) is 4.99. The number of halogens is 1. The molecule has 0 saturated heterocycles. The molecule has 3 aromatic rings. The highest BCUT2D eigenvalue weighted by atomic mass is 35.5. The predicted octanol–water partition coefficient (Wildman–Crippen LogP) is 4.03.